The smallest absolute Gasteiger partial charge is 0.308 e. The van der Waals surface area contributed by atoms with E-state index in [1.54, 1.807) is 0 Å². The average Bonchev–Trinajstić information content (AvgIpc) is 2.38. The molecule has 0 radical (unpaired) electrons. The molecule has 2 N–H and O–H groups in total. The van der Waals surface area contributed by atoms with Crippen molar-refractivity contribution in [3.63, 3.8) is 0 Å². The van der Waals surface area contributed by atoms with Crippen LogP contribution >= 0.6 is 0 Å². The van der Waals surface area contributed by atoms with Gasteiger partial charge in [0.1, 0.15) is 0 Å². The predicted molar refractivity (Wildman–Crippen MR) is 72.9 cm³/mol. The fraction of sp³-hybridized carbons (Fsp3) is 0.857. The van der Waals surface area contributed by atoms with E-state index >= 15 is 0 Å². The number of ether oxygens (including phenoxy) is 1. The SMILES string of the molecule is COC(=O)C1CCC(CNCC(=N)C(C)C)CC1. The van der Waals surface area contributed by atoms with E-state index in [0.717, 1.165) is 37.9 Å². The van der Waals surface area contributed by atoms with Gasteiger partial charge in [-0.25, -0.2) is 0 Å². The molecule has 104 valence electrons. The molecule has 0 spiro atoms. The zero-order valence-corrected chi connectivity index (χ0v) is 11.8. The van der Waals surface area contributed by atoms with Crippen molar-refractivity contribution >= 4 is 11.7 Å². The van der Waals surface area contributed by atoms with Gasteiger partial charge < -0.3 is 15.5 Å². The van der Waals surface area contributed by atoms with Gasteiger partial charge in [-0.05, 0) is 44.1 Å². The first-order chi connectivity index (χ1) is 8.54. The Bertz CT molecular complexity index is 282. The molecule has 4 nitrogen and oxygen atoms in total. The van der Waals surface area contributed by atoms with E-state index in [9.17, 15) is 4.79 Å². The van der Waals surface area contributed by atoms with Crippen LogP contribution < -0.4 is 5.32 Å². The summed E-state index contributed by atoms with van der Waals surface area (Å²) in [5.74, 6) is 1.03. The van der Waals surface area contributed by atoms with Crippen molar-refractivity contribution in [3.05, 3.63) is 0 Å². The van der Waals surface area contributed by atoms with Gasteiger partial charge in [0, 0.05) is 12.3 Å². The van der Waals surface area contributed by atoms with Gasteiger partial charge in [-0.15, -0.1) is 0 Å². The molecule has 18 heavy (non-hydrogen) atoms. The number of nitrogens with one attached hydrogen (secondary N) is 2. The minimum atomic E-state index is -0.0528. The summed E-state index contributed by atoms with van der Waals surface area (Å²) >= 11 is 0. The molecule has 0 bridgehead atoms. The summed E-state index contributed by atoms with van der Waals surface area (Å²) in [6.45, 7) is 5.74. The van der Waals surface area contributed by atoms with Gasteiger partial charge in [0.15, 0.2) is 0 Å². The fourth-order valence-electron chi connectivity index (χ4n) is 2.38. The summed E-state index contributed by atoms with van der Waals surface area (Å²) in [5.41, 5.74) is 0.762. The molecule has 0 aromatic carbocycles. The van der Waals surface area contributed by atoms with Crippen molar-refractivity contribution in [1.29, 1.82) is 5.41 Å². The second-order valence-corrected chi connectivity index (χ2v) is 5.55. The minimum absolute atomic E-state index is 0.0528. The van der Waals surface area contributed by atoms with E-state index in [1.807, 2.05) is 13.8 Å². The van der Waals surface area contributed by atoms with E-state index in [-0.39, 0.29) is 11.9 Å². The summed E-state index contributed by atoms with van der Waals surface area (Å²) < 4.78 is 4.78. The van der Waals surface area contributed by atoms with Gasteiger partial charge in [-0.1, -0.05) is 13.8 Å². The summed E-state index contributed by atoms with van der Waals surface area (Å²) in [4.78, 5) is 11.4. The molecule has 1 aliphatic rings. The molecule has 0 saturated heterocycles. The summed E-state index contributed by atoms with van der Waals surface area (Å²) in [6.07, 6.45) is 4.06. The number of hydrogen-bond acceptors (Lipinski definition) is 4. The molecule has 4 heteroatoms. The normalized spacial score (nSPS) is 24.0. The molecule has 0 aromatic heterocycles. The third-order valence-corrected chi connectivity index (χ3v) is 3.83. The Morgan fingerprint density at radius 1 is 1.33 bits per heavy atom. The van der Waals surface area contributed by atoms with Crippen molar-refractivity contribution in [2.75, 3.05) is 20.2 Å². The molecular weight excluding hydrogens is 228 g/mol. The van der Waals surface area contributed by atoms with E-state index in [1.165, 1.54) is 7.11 Å². The standard InChI is InChI=1S/C14H26N2O2/c1-10(2)13(15)9-16-8-11-4-6-12(7-5-11)14(17)18-3/h10-12,15-16H,4-9H2,1-3H3. The molecule has 1 aliphatic carbocycles. The largest absolute Gasteiger partial charge is 0.469 e. The number of carbonyl (C=O) groups is 1. The van der Waals surface area contributed by atoms with Crippen molar-refractivity contribution in [3.8, 4) is 0 Å². The molecule has 0 heterocycles. The van der Waals surface area contributed by atoms with Gasteiger partial charge in [0.25, 0.3) is 0 Å². The second-order valence-electron chi connectivity index (χ2n) is 5.55. The molecule has 0 amide bonds. The van der Waals surface area contributed by atoms with Crippen LogP contribution in [0, 0.1) is 23.2 Å². The van der Waals surface area contributed by atoms with E-state index in [0.29, 0.717) is 18.4 Å². The molecule has 1 rings (SSSR count). The third kappa shape index (κ3) is 4.77. The Morgan fingerprint density at radius 3 is 2.44 bits per heavy atom. The quantitative estimate of drug-likeness (QED) is 0.564. The van der Waals surface area contributed by atoms with Crippen LogP contribution in [0.1, 0.15) is 39.5 Å². The van der Waals surface area contributed by atoms with Crippen LogP contribution in [0.5, 0.6) is 0 Å². The van der Waals surface area contributed by atoms with Gasteiger partial charge in [-0.2, -0.15) is 0 Å². The third-order valence-electron chi connectivity index (χ3n) is 3.83. The monoisotopic (exact) mass is 254 g/mol. The highest BCUT2D eigenvalue weighted by atomic mass is 16.5. The van der Waals surface area contributed by atoms with Crippen LogP contribution in [-0.2, 0) is 9.53 Å². The molecule has 0 aliphatic heterocycles. The first-order valence-corrected chi connectivity index (χ1v) is 6.90. The maximum atomic E-state index is 11.4. The number of methoxy groups -OCH3 is 1. The molecule has 1 saturated carbocycles. The maximum absolute atomic E-state index is 11.4. The highest BCUT2D eigenvalue weighted by Gasteiger charge is 2.26. The Morgan fingerprint density at radius 2 is 1.94 bits per heavy atom. The van der Waals surface area contributed by atoms with Gasteiger partial charge in [0.05, 0.1) is 13.0 Å². The van der Waals surface area contributed by atoms with E-state index < -0.39 is 0 Å². The van der Waals surface area contributed by atoms with E-state index in [4.69, 9.17) is 10.1 Å². The Labute approximate surface area is 110 Å². The Hall–Kier alpha value is -0.900. The maximum Gasteiger partial charge on any atom is 0.308 e. The van der Waals surface area contributed by atoms with Gasteiger partial charge >= 0.3 is 5.97 Å². The van der Waals surface area contributed by atoms with E-state index in [2.05, 4.69) is 5.32 Å². The van der Waals surface area contributed by atoms with Crippen molar-refractivity contribution in [2.24, 2.45) is 17.8 Å². The lowest BCUT2D eigenvalue weighted by Gasteiger charge is -2.27. The van der Waals surface area contributed by atoms with Crippen LogP contribution in [0.4, 0.5) is 0 Å². The van der Waals surface area contributed by atoms with Crippen LogP contribution in [0.2, 0.25) is 0 Å². The van der Waals surface area contributed by atoms with Crippen molar-refractivity contribution in [1.82, 2.24) is 5.32 Å². The fourth-order valence-corrected chi connectivity index (χ4v) is 2.38. The predicted octanol–water partition coefficient (Wildman–Crippen LogP) is 2.23. The zero-order chi connectivity index (χ0) is 13.5. The number of carbonyl (C=O) groups excluding carboxylic acids is 1. The second kappa shape index (κ2) is 7.52. The number of esters is 1. The molecule has 0 aromatic rings. The lowest BCUT2D eigenvalue weighted by atomic mass is 9.82. The number of hydrogen-bond donors (Lipinski definition) is 2. The lowest BCUT2D eigenvalue weighted by molar-refractivity contribution is -0.146. The highest BCUT2D eigenvalue weighted by Crippen LogP contribution is 2.28. The Balaban J connectivity index is 2.16. The lowest BCUT2D eigenvalue weighted by Crippen LogP contribution is -2.32. The van der Waals surface area contributed by atoms with Crippen LogP contribution in [-0.4, -0.2) is 31.9 Å². The Kier molecular flexibility index (Phi) is 6.33. The van der Waals surface area contributed by atoms with Crippen LogP contribution in [0.3, 0.4) is 0 Å². The van der Waals surface area contributed by atoms with Gasteiger partial charge in [-0.3, -0.25) is 4.79 Å². The summed E-state index contributed by atoms with van der Waals surface area (Å²) in [6, 6.07) is 0. The topological polar surface area (TPSA) is 62.2 Å². The molecule has 1 fully saturated rings. The molecule has 0 unspecified atom stereocenters. The summed E-state index contributed by atoms with van der Waals surface area (Å²) in [7, 11) is 1.47. The van der Waals surface area contributed by atoms with Crippen molar-refractivity contribution < 1.29 is 9.53 Å². The first kappa shape index (κ1) is 15.2. The van der Waals surface area contributed by atoms with Crippen LogP contribution in [0.15, 0.2) is 0 Å². The molecular formula is C14H26N2O2. The first-order valence-electron chi connectivity index (χ1n) is 6.90. The summed E-state index contributed by atoms with van der Waals surface area (Å²) in [5, 5.41) is 11.1. The zero-order valence-electron chi connectivity index (χ0n) is 11.8. The number of rotatable bonds is 6. The van der Waals surface area contributed by atoms with Crippen molar-refractivity contribution in [2.45, 2.75) is 39.5 Å². The minimum Gasteiger partial charge on any atom is -0.469 e. The van der Waals surface area contributed by atoms with Crippen LogP contribution in [0.25, 0.3) is 0 Å². The highest BCUT2D eigenvalue weighted by molar-refractivity contribution is 5.85. The van der Waals surface area contributed by atoms with Gasteiger partial charge in [0.2, 0.25) is 0 Å². The average molecular weight is 254 g/mol. The molecule has 0 atom stereocenters.